The third-order valence-electron chi connectivity index (χ3n) is 0.441. The fraction of sp³-hybridized carbons (Fsp3) is 0.667. The molecular formula is C3H11N2O5P. The highest BCUT2D eigenvalue weighted by Crippen LogP contribution is 2.25. The van der Waals surface area contributed by atoms with E-state index < -0.39 is 13.9 Å². The molecule has 0 aromatic carbocycles. The molecule has 0 aliphatic rings. The summed E-state index contributed by atoms with van der Waals surface area (Å²) >= 11 is 0. The second kappa shape index (κ2) is 5.09. The van der Waals surface area contributed by atoms with Crippen molar-refractivity contribution in [3.8, 4) is 0 Å². The minimum Gasteiger partial charge on any atom is -0.352 e. The van der Waals surface area contributed by atoms with Crippen LogP contribution in [-0.2, 0) is 4.57 Å². The first kappa shape index (κ1) is 13.0. The first-order chi connectivity index (χ1) is 4.64. The summed E-state index contributed by atoms with van der Waals surface area (Å²) in [5, 5.41) is 0. The third kappa shape index (κ3) is 44.7. The number of carbonyl (C=O) groups is 1. The van der Waals surface area contributed by atoms with E-state index in [1.807, 2.05) is 0 Å². The van der Waals surface area contributed by atoms with Crippen molar-refractivity contribution in [1.82, 2.24) is 4.90 Å². The second-order valence-corrected chi connectivity index (χ2v) is 2.77. The molecule has 68 valence electrons. The van der Waals surface area contributed by atoms with Gasteiger partial charge in [0.05, 0.1) is 0 Å². The van der Waals surface area contributed by atoms with Crippen LogP contribution in [-0.4, -0.2) is 39.7 Å². The maximum atomic E-state index is 9.85. The van der Waals surface area contributed by atoms with Gasteiger partial charge in [-0.15, -0.1) is 0 Å². The summed E-state index contributed by atoms with van der Waals surface area (Å²) in [4.78, 5) is 32.7. The van der Waals surface area contributed by atoms with Gasteiger partial charge in [0.1, 0.15) is 0 Å². The van der Waals surface area contributed by atoms with Gasteiger partial charge in [-0.3, -0.25) is 0 Å². The fourth-order valence-corrected chi connectivity index (χ4v) is 0. The summed E-state index contributed by atoms with van der Waals surface area (Å²) in [5.41, 5.74) is 4.72. The highest BCUT2D eigenvalue weighted by atomic mass is 31.2. The van der Waals surface area contributed by atoms with Crippen molar-refractivity contribution in [2.24, 2.45) is 5.73 Å². The standard InChI is InChI=1S/C3H8N2O.H3O4P/c1-5(2)3(4)6;1-5(2,3)4/h1-2H3,(H2,4,6);(H3,1,2,3,4). The van der Waals surface area contributed by atoms with Crippen molar-refractivity contribution in [2.75, 3.05) is 14.1 Å². The molecule has 5 N–H and O–H groups in total. The van der Waals surface area contributed by atoms with Crippen molar-refractivity contribution < 1.29 is 24.0 Å². The van der Waals surface area contributed by atoms with Gasteiger partial charge in [-0.1, -0.05) is 0 Å². The molecule has 0 aromatic heterocycles. The highest BCUT2D eigenvalue weighted by molar-refractivity contribution is 7.45. The van der Waals surface area contributed by atoms with Gasteiger partial charge in [0.15, 0.2) is 0 Å². The van der Waals surface area contributed by atoms with Crippen LogP contribution in [0, 0.1) is 0 Å². The Morgan fingerprint density at radius 3 is 1.45 bits per heavy atom. The Hall–Kier alpha value is -0.620. The largest absolute Gasteiger partial charge is 0.466 e. The van der Waals surface area contributed by atoms with Crippen LogP contribution in [0.4, 0.5) is 4.79 Å². The SMILES string of the molecule is CN(C)C(N)=O.O=P(O)(O)O. The fourth-order valence-electron chi connectivity index (χ4n) is 0. The predicted octanol–water partition coefficient (Wildman–Crippen LogP) is -1.30. The smallest absolute Gasteiger partial charge is 0.352 e. The molecule has 0 aliphatic carbocycles. The van der Waals surface area contributed by atoms with E-state index in [1.165, 1.54) is 4.90 Å². The number of primary amides is 1. The van der Waals surface area contributed by atoms with Gasteiger partial charge in [-0.05, 0) is 0 Å². The number of rotatable bonds is 0. The van der Waals surface area contributed by atoms with Crippen LogP contribution in [0.5, 0.6) is 0 Å². The van der Waals surface area contributed by atoms with Gasteiger partial charge < -0.3 is 25.3 Å². The summed E-state index contributed by atoms with van der Waals surface area (Å²) in [5.74, 6) is 0. The predicted molar refractivity (Wildman–Crippen MR) is 37.5 cm³/mol. The first-order valence-electron chi connectivity index (χ1n) is 2.39. The summed E-state index contributed by atoms with van der Waals surface area (Å²) in [7, 11) is -1.44. The molecule has 0 aliphatic heterocycles. The van der Waals surface area contributed by atoms with Crippen LogP contribution in [0.2, 0.25) is 0 Å². The lowest BCUT2D eigenvalue weighted by Gasteiger charge is -2.01. The van der Waals surface area contributed by atoms with E-state index in [2.05, 4.69) is 0 Å². The number of hydrogen-bond acceptors (Lipinski definition) is 2. The minimum absolute atomic E-state index is 0.407. The molecule has 2 amide bonds. The minimum atomic E-state index is -4.64. The zero-order chi connectivity index (χ0) is 9.65. The lowest BCUT2D eigenvalue weighted by atomic mass is 10.9. The Morgan fingerprint density at radius 2 is 1.45 bits per heavy atom. The van der Waals surface area contributed by atoms with Crippen LogP contribution in [0.25, 0.3) is 0 Å². The van der Waals surface area contributed by atoms with Crippen molar-refractivity contribution in [2.45, 2.75) is 0 Å². The van der Waals surface area contributed by atoms with E-state index >= 15 is 0 Å². The van der Waals surface area contributed by atoms with E-state index in [0.29, 0.717) is 0 Å². The number of nitrogens with two attached hydrogens (primary N) is 1. The average molecular weight is 186 g/mol. The molecule has 0 radical (unpaired) electrons. The van der Waals surface area contributed by atoms with Crippen LogP contribution in [0.1, 0.15) is 0 Å². The van der Waals surface area contributed by atoms with E-state index in [9.17, 15) is 4.79 Å². The Kier molecular flexibility index (Phi) is 6.01. The van der Waals surface area contributed by atoms with Gasteiger partial charge in [0.25, 0.3) is 0 Å². The lowest BCUT2D eigenvalue weighted by molar-refractivity contribution is 0.227. The van der Waals surface area contributed by atoms with Gasteiger partial charge >= 0.3 is 13.9 Å². The topological polar surface area (TPSA) is 124 Å². The zero-order valence-corrected chi connectivity index (χ0v) is 7.02. The Labute approximate surface area is 63.7 Å². The zero-order valence-electron chi connectivity index (χ0n) is 6.13. The number of nitrogens with zero attached hydrogens (tertiary/aromatic N) is 1. The van der Waals surface area contributed by atoms with Gasteiger partial charge in [-0.25, -0.2) is 9.36 Å². The molecule has 8 heteroatoms. The summed E-state index contributed by atoms with van der Waals surface area (Å²) in [6.45, 7) is 0. The Morgan fingerprint density at radius 1 is 1.36 bits per heavy atom. The molecule has 0 saturated heterocycles. The number of carbonyl (C=O) groups excluding carboxylic acids is 1. The highest BCUT2D eigenvalue weighted by Gasteiger charge is 2.00. The normalized spacial score (nSPS) is 9.55. The molecule has 0 bridgehead atoms. The number of urea groups is 1. The molecule has 11 heavy (non-hydrogen) atoms. The number of hydrogen-bond donors (Lipinski definition) is 4. The van der Waals surface area contributed by atoms with Crippen molar-refractivity contribution in [1.29, 1.82) is 0 Å². The molecule has 0 spiro atoms. The molecular weight excluding hydrogens is 175 g/mol. The molecule has 0 fully saturated rings. The van der Waals surface area contributed by atoms with Gasteiger partial charge in [0.2, 0.25) is 0 Å². The van der Waals surface area contributed by atoms with Crippen molar-refractivity contribution in [3.63, 3.8) is 0 Å². The molecule has 7 nitrogen and oxygen atoms in total. The molecule has 0 saturated carbocycles. The Balaban J connectivity index is 0. The molecule has 0 unspecified atom stereocenters. The van der Waals surface area contributed by atoms with Crippen LogP contribution >= 0.6 is 7.82 Å². The number of phosphoric acid groups is 1. The lowest BCUT2D eigenvalue weighted by Crippen LogP contribution is -2.27. The van der Waals surface area contributed by atoms with Crippen LogP contribution in [0.15, 0.2) is 0 Å². The van der Waals surface area contributed by atoms with Gasteiger partial charge in [-0.2, -0.15) is 0 Å². The van der Waals surface area contributed by atoms with E-state index in [4.69, 9.17) is 25.0 Å². The monoisotopic (exact) mass is 186 g/mol. The summed E-state index contributed by atoms with van der Waals surface area (Å²) in [6, 6.07) is -0.407. The van der Waals surface area contributed by atoms with Crippen molar-refractivity contribution in [3.05, 3.63) is 0 Å². The first-order valence-corrected chi connectivity index (χ1v) is 3.96. The number of amides is 2. The molecule has 0 rings (SSSR count). The van der Waals surface area contributed by atoms with Crippen molar-refractivity contribution >= 4 is 13.9 Å². The van der Waals surface area contributed by atoms with E-state index in [-0.39, 0.29) is 0 Å². The maximum Gasteiger partial charge on any atom is 0.466 e. The summed E-state index contributed by atoms with van der Waals surface area (Å²) < 4.78 is 8.88. The quantitative estimate of drug-likeness (QED) is 0.350. The van der Waals surface area contributed by atoms with Gasteiger partial charge in [0, 0.05) is 14.1 Å². The van der Waals surface area contributed by atoms with E-state index in [1.54, 1.807) is 14.1 Å². The maximum absolute atomic E-state index is 9.85. The molecule has 0 heterocycles. The van der Waals surface area contributed by atoms with E-state index in [0.717, 1.165) is 0 Å². The molecule has 0 aromatic rings. The molecule has 0 atom stereocenters. The summed E-state index contributed by atoms with van der Waals surface area (Å²) in [6.07, 6.45) is 0. The second-order valence-electron chi connectivity index (χ2n) is 1.75. The average Bonchev–Trinajstić information content (AvgIpc) is 1.59. The van der Waals surface area contributed by atoms with Crippen LogP contribution in [0.3, 0.4) is 0 Å². The Bertz CT molecular complexity index is 155. The van der Waals surface area contributed by atoms with Crippen LogP contribution < -0.4 is 5.73 Å². The third-order valence-corrected chi connectivity index (χ3v) is 0.441.